The number of amides is 1. The number of para-hydroxylation sites is 1. The van der Waals surface area contributed by atoms with Gasteiger partial charge in [0.2, 0.25) is 0 Å². The molecule has 0 bridgehead atoms. The molecule has 146 valence electrons. The molecule has 3 aromatic carbocycles. The first kappa shape index (κ1) is 18.4. The van der Waals surface area contributed by atoms with Crippen LogP contribution in [0, 0.1) is 13.8 Å². The zero-order valence-electron chi connectivity index (χ0n) is 16.5. The van der Waals surface area contributed by atoms with Crippen LogP contribution in [0.1, 0.15) is 21.5 Å². The lowest BCUT2D eigenvalue weighted by Gasteiger charge is -2.12. The number of hydrogen-bond donors (Lipinski definition) is 1. The van der Waals surface area contributed by atoms with Crippen LogP contribution in [0.4, 0.5) is 5.69 Å². The molecule has 1 amide bonds. The van der Waals surface area contributed by atoms with Crippen LogP contribution in [0.3, 0.4) is 0 Å². The summed E-state index contributed by atoms with van der Waals surface area (Å²) in [6.07, 6.45) is 0. The fourth-order valence-corrected chi connectivity index (χ4v) is 4.06. The van der Waals surface area contributed by atoms with Crippen LogP contribution in [0.15, 0.2) is 66.7 Å². The minimum atomic E-state index is -0.195. The Morgan fingerprint density at radius 1 is 0.867 bits per heavy atom. The predicted molar refractivity (Wildman–Crippen MR) is 122 cm³/mol. The van der Waals surface area contributed by atoms with Crippen LogP contribution < -0.4 is 5.32 Å². The van der Waals surface area contributed by atoms with Crippen LogP contribution in [0.25, 0.3) is 33.2 Å². The first-order valence-electron chi connectivity index (χ1n) is 9.60. The summed E-state index contributed by atoms with van der Waals surface area (Å²) in [5, 5.41) is 3.83. The molecule has 0 aliphatic carbocycles. The van der Waals surface area contributed by atoms with Gasteiger partial charge < -0.3 is 5.32 Å². The number of nitrogens with one attached hydrogen (secondary N) is 1. The van der Waals surface area contributed by atoms with E-state index in [4.69, 9.17) is 4.98 Å². The van der Waals surface area contributed by atoms with Crippen molar-refractivity contribution in [2.24, 2.45) is 0 Å². The summed E-state index contributed by atoms with van der Waals surface area (Å²) in [6.45, 7) is 4.16. The molecule has 5 nitrogen and oxygen atoms in total. The number of pyridine rings is 1. The molecule has 5 aromatic rings. The van der Waals surface area contributed by atoms with Gasteiger partial charge in [0.15, 0.2) is 0 Å². The lowest BCUT2D eigenvalue weighted by molar-refractivity contribution is 0.102. The molecule has 0 atom stereocenters. The number of benzene rings is 3. The highest BCUT2D eigenvalue weighted by molar-refractivity contribution is 7.00. The number of fused-ring (bicyclic) bond motifs is 2. The van der Waals surface area contributed by atoms with Crippen molar-refractivity contribution >= 4 is 45.3 Å². The second-order valence-corrected chi connectivity index (χ2v) is 7.79. The number of aryl methyl sites for hydroxylation is 2. The molecular formula is C24H18N4OS. The molecule has 1 N–H and O–H groups in total. The van der Waals surface area contributed by atoms with Gasteiger partial charge in [0, 0.05) is 10.9 Å². The van der Waals surface area contributed by atoms with Crippen molar-refractivity contribution in [2.45, 2.75) is 13.8 Å². The molecule has 0 aliphatic rings. The maximum Gasteiger partial charge on any atom is 0.256 e. The van der Waals surface area contributed by atoms with E-state index in [1.54, 1.807) is 0 Å². The third-order valence-electron chi connectivity index (χ3n) is 5.30. The summed E-state index contributed by atoms with van der Waals surface area (Å²) in [6, 6.07) is 21.4. The van der Waals surface area contributed by atoms with Crippen molar-refractivity contribution in [1.29, 1.82) is 0 Å². The second-order valence-electron chi connectivity index (χ2n) is 7.26. The maximum absolute atomic E-state index is 13.3. The number of anilines is 1. The Morgan fingerprint density at radius 2 is 1.70 bits per heavy atom. The summed E-state index contributed by atoms with van der Waals surface area (Å²) in [7, 11) is 0. The lowest BCUT2D eigenvalue weighted by Crippen LogP contribution is -2.13. The molecule has 0 aliphatic heterocycles. The normalized spacial score (nSPS) is 11.1. The van der Waals surface area contributed by atoms with Gasteiger partial charge in [-0.15, -0.1) is 0 Å². The van der Waals surface area contributed by atoms with E-state index in [-0.39, 0.29) is 5.91 Å². The molecule has 30 heavy (non-hydrogen) atoms. The predicted octanol–water partition coefficient (Wildman–Crippen LogP) is 5.78. The number of rotatable bonds is 3. The van der Waals surface area contributed by atoms with E-state index in [2.05, 4.69) is 40.0 Å². The topological polar surface area (TPSA) is 67.8 Å². The smallest absolute Gasteiger partial charge is 0.256 e. The molecule has 2 heterocycles. The van der Waals surface area contributed by atoms with E-state index < -0.39 is 0 Å². The summed E-state index contributed by atoms with van der Waals surface area (Å²) in [5.74, 6) is -0.195. The van der Waals surface area contributed by atoms with E-state index in [1.165, 1.54) is 11.1 Å². The van der Waals surface area contributed by atoms with Crippen molar-refractivity contribution in [3.8, 4) is 11.3 Å². The minimum absolute atomic E-state index is 0.195. The third kappa shape index (κ3) is 3.21. The zero-order chi connectivity index (χ0) is 20.7. The molecule has 0 radical (unpaired) electrons. The summed E-state index contributed by atoms with van der Waals surface area (Å²) >= 11 is 1.13. The van der Waals surface area contributed by atoms with Crippen molar-refractivity contribution in [2.75, 3.05) is 5.32 Å². The fraction of sp³-hybridized carbons (Fsp3) is 0.0833. The Balaban J connectivity index is 1.63. The van der Waals surface area contributed by atoms with Gasteiger partial charge in [0.05, 0.1) is 34.2 Å². The van der Waals surface area contributed by atoms with Crippen LogP contribution in [0.2, 0.25) is 0 Å². The van der Waals surface area contributed by atoms with Crippen LogP contribution in [0.5, 0.6) is 0 Å². The average molecular weight is 411 g/mol. The van der Waals surface area contributed by atoms with Gasteiger partial charge in [-0.1, -0.05) is 36.4 Å². The quantitative estimate of drug-likeness (QED) is 0.410. The molecule has 2 aromatic heterocycles. The van der Waals surface area contributed by atoms with Crippen molar-refractivity contribution in [1.82, 2.24) is 13.7 Å². The molecule has 6 heteroatoms. The van der Waals surface area contributed by atoms with Gasteiger partial charge in [0.1, 0.15) is 11.0 Å². The number of nitrogens with zero attached hydrogens (tertiary/aromatic N) is 3. The number of hydrogen-bond acceptors (Lipinski definition) is 5. The molecule has 0 fully saturated rings. The first-order chi connectivity index (χ1) is 14.6. The highest BCUT2D eigenvalue weighted by Gasteiger charge is 2.16. The van der Waals surface area contributed by atoms with Gasteiger partial charge in [0.25, 0.3) is 5.91 Å². The van der Waals surface area contributed by atoms with E-state index >= 15 is 0 Å². The number of aromatic nitrogens is 3. The van der Waals surface area contributed by atoms with Gasteiger partial charge in [-0.25, -0.2) is 4.98 Å². The largest absolute Gasteiger partial charge is 0.320 e. The van der Waals surface area contributed by atoms with E-state index in [0.29, 0.717) is 16.8 Å². The maximum atomic E-state index is 13.3. The van der Waals surface area contributed by atoms with E-state index in [1.807, 2.05) is 54.6 Å². The Kier molecular flexibility index (Phi) is 4.48. The first-order valence-corrected chi connectivity index (χ1v) is 10.3. The second kappa shape index (κ2) is 7.31. The average Bonchev–Trinajstić information content (AvgIpc) is 3.25. The van der Waals surface area contributed by atoms with Crippen LogP contribution in [-0.2, 0) is 0 Å². The van der Waals surface area contributed by atoms with Gasteiger partial charge >= 0.3 is 0 Å². The monoisotopic (exact) mass is 410 g/mol. The molecule has 0 unspecified atom stereocenters. The van der Waals surface area contributed by atoms with Gasteiger partial charge in [-0.05, 0) is 55.3 Å². The Labute approximate surface area is 177 Å². The van der Waals surface area contributed by atoms with Crippen LogP contribution >= 0.6 is 11.7 Å². The lowest BCUT2D eigenvalue weighted by atomic mass is 10.0. The number of carbonyl (C=O) groups is 1. The molecule has 0 saturated heterocycles. The van der Waals surface area contributed by atoms with Crippen LogP contribution in [-0.4, -0.2) is 19.6 Å². The molecule has 0 saturated carbocycles. The van der Waals surface area contributed by atoms with Crippen molar-refractivity contribution in [3.05, 3.63) is 83.4 Å². The van der Waals surface area contributed by atoms with E-state index in [0.717, 1.165) is 39.4 Å². The molecular weight excluding hydrogens is 392 g/mol. The standard InChI is InChI=1S/C24H18N4OS/c1-14-10-11-16(12-15(14)2)22-13-18(17-6-3-4-7-19(17)25-22)24(29)26-20-8-5-9-21-23(20)28-30-27-21/h3-13H,1-2H3,(H,26,29). The highest BCUT2D eigenvalue weighted by Crippen LogP contribution is 2.28. The summed E-state index contributed by atoms with van der Waals surface area (Å²) in [4.78, 5) is 18.1. The SMILES string of the molecule is Cc1ccc(-c2cc(C(=O)Nc3cccc4nsnc34)c3ccccc3n2)cc1C. The molecule has 5 rings (SSSR count). The number of carbonyl (C=O) groups excluding carboxylic acids is 1. The zero-order valence-corrected chi connectivity index (χ0v) is 17.3. The summed E-state index contributed by atoms with van der Waals surface area (Å²) in [5.41, 5.74) is 7.66. The summed E-state index contributed by atoms with van der Waals surface area (Å²) < 4.78 is 8.56. The van der Waals surface area contributed by atoms with Crippen molar-refractivity contribution in [3.63, 3.8) is 0 Å². The Bertz CT molecular complexity index is 1420. The van der Waals surface area contributed by atoms with Crippen molar-refractivity contribution < 1.29 is 4.79 Å². The molecule has 0 spiro atoms. The van der Waals surface area contributed by atoms with Gasteiger partial charge in [-0.3, -0.25) is 4.79 Å². The third-order valence-corrected chi connectivity index (χ3v) is 5.84. The minimum Gasteiger partial charge on any atom is -0.320 e. The van der Waals surface area contributed by atoms with E-state index in [9.17, 15) is 4.79 Å². The Hall–Kier alpha value is -3.64. The Morgan fingerprint density at radius 3 is 2.57 bits per heavy atom. The fourth-order valence-electron chi connectivity index (χ4n) is 3.51. The van der Waals surface area contributed by atoms with Gasteiger partial charge in [-0.2, -0.15) is 8.75 Å². The highest BCUT2D eigenvalue weighted by atomic mass is 32.1.